The van der Waals surface area contributed by atoms with Crippen molar-refractivity contribution < 1.29 is 23.1 Å². The van der Waals surface area contributed by atoms with Gasteiger partial charge in [-0.2, -0.15) is 13.2 Å². The van der Waals surface area contributed by atoms with Gasteiger partial charge < -0.3 is 16.2 Å². The normalized spacial score (nSPS) is 13.1. The van der Waals surface area contributed by atoms with E-state index in [2.05, 4.69) is 5.32 Å². The number of carboxylic acid groups (broad SMARTS) is 1. The topological polar surface area (TPSA) is 75.3 Å². The minimum atomic E-state index is -4.42. The fourth-order valence-corrected chi connectivity index (χ4v) is 1.52. The highest BCUT2D eigenvalue weighted by Gasteiger charge is 2.30. The van der Waals surface area contributed by atoms with E-state index in [1.54, 1.807) is 0 Å². The summed E-state index contributed by atoms with van der Waals surface area (Å²) in [6.45, 7) is 0.0364. The largest absolute Gasteiger partial charge is 0.465 e. The molecule has 1 amide bonds. The zero-order valence-corrected chi connectivity index (χ0v) is 9.37. The van der Waals surface area contributed by atoms with Gasteiger partial charge in [-0.05, 0) is 11.6 Å². The Labute approximate surface area is 102 Å². The van der Waals surface area contributed by atoms with Crippen LogP contribution >= 0.6 is 0 Å². The molecule has 0 aliphatic heterocycles. The van der Waals surface area contributed by atoms with Gasteiger partial charge >= 0.3 is 12.3 Å². The van der Waals surface area contributed by atoms with E-state index in [1.165, 1.54) is 12.1 Å². The standard InChI is InChI=1S/C11H13F3N2O2/c12-11(13,14)9-3-1-2-7(4-9)8(5-15)6-16-10(17)18/h1-4,8,16H,5-6,15H2,(H,17,18). The van der Waals surface area contributed by atoms with Crippen LogP contribution in [0.15, 0.2) is 24.3 Å². The molecule has 0 spiro atoms. The Balaban J connectivity index is 2.89. The van der Waals surface area contributed by atoms with Gasteiger partial charge in [0.15, 0.2) is 0 Å². The van der Waals surface area contributed by atoms with Crippen molar-refractivity contribution in [2.24, 2.45) is 5.73 Å². The van der Waals surface area contributed by atoms with E-state index in [-0.39, 0.29) is 13.1 Å². The zero-order valence-electron chi connectivity index (χ0n) is 9.37. The summed E-state index contributed by atoms with van der Waals surface area (Å²) in [5, 5.41) is 10.6. The summed E-state index contributed by atoms with van der Waals surface area (Å²) in [6.07, 6.45) is -5.66. The number of hydrogen-bond acceptors (Lipinski definition) is 2. The Kier molecular flexibility index (Phi) is 4.55. The van der Waals surface area contributed by atoms with Crippen molar-refractivity contribution in [3.63, 3.8) is 0 Å². The summed E-state index contributed by atoms with van der Waals surface area (Å²) in [4.78, 5) is 10.3. The molecule has 18 heavy (non-hydrogen) atoms. The van der Waals surface area contributed by atoms with Crippen LogP contribution in [-0.2, 0) is 6.18 Å². The lowest BCUT2D eigenvalue weighted by Crippen LogP contribution is -2.30. The van der Waals surface area contributed by atoms with Crippen LogP contribution in [0.1, 0.15) is 17.0 Å². The average molecular weight is 262 g/mol. The van der Waals surface area contributed by atoms with Crippen LogP contribution < -0.4 is 11.1 Å². The van der Waals surface area contributed by atoms with Gasteiger partial charge in [-0.1, -0.05) is 18.2 Å². The first-order valence-corrected chi connectivity index (χ1v) is 5.18. The molecular formula is C11H13F3N2O2. The molecule has 1 unspecified atom stereocenters. The molecule has 4 N–H and O–H groups in total. The number of nitrogens with one attached hydrogen (secondary N) is 1. The van der Waals surface area contributed by atoms with E-state index in [9.17, 15) is 18.0 Å². The minimum Gasteiger partial charge on any atom is -0.465 e. The molecule has 0 aliphatic rings. The predicted molar refractivity (Wildman–Crippen MR) is 59.3 cm³/mol. The molecule has 0 fully saturated rings. The third kappa shape index (κ3) is 3.92. The zero-order chi connectivity index (χ0) is 13.8. The Hall–Kier alpha value is -1.76. The third-order valence-electron chi connectivity index (χ3n) is 2.47. The van der Waals surface area contributed by atoms with Gasteiger partial charge in [0.2, 0.25) is 0 Å². The molecule has 1 aromatic carbocycles. The van der Waals surface area contributed by atoms with Gasteiger partial charge in [0, 0.05) is 19.0 Å². The lowest BCUT2D eigenvalue weighted by molar-refractivity contribution is -0.137. The van der Waals surface area contributed by atoms with Gasteiger partial charge in [0.05, 0.1) is 5.56 Å². The van der Waals surface area contributed by atoms with Gasteiger partial charge in [0.25, 0.3) is 0 Å². The fraction of sp³-hybridized carbons (Fsp3) is 0.364. The van der Waals surface area contributed by atoms with Crippen molar-refractivity contribution in [2.45, 2.75) is 12.1 Å². The number of alkyl halides is 3. The molecule has 7 heteroatoms. The van der Waals surface area contributed by atoms with Crippen LogP contribution in [0.25, 0.3) is 0 Å². The van der Waals surface area contributed by atoms with Crippen LogP contribution in [-0.4, -0.2) is 24.3 Å². The van der Waals surface area contributed by atoms with E-state index < -0.39 is 23.8 Å². The predicted octanol–water partition coefficient (Wildman–Crippen LogP) is 2.02. The van der Waals surface area contributed by atoms with E-state index in [1.807, 2.05) is 0 Å². The number of halogens is 3. The number of carbonyl (C=O) groups is 1. The van der Waals surface area contributed by atoms with E-state index in [0.717, 1.165) is 12.1 Å². The first-order valence-electron chi connectivity index (χ1n) is 5.18. The lowest BCUT2D eigenvalue weighted by Gasteiger charge is -2.16. The molecule has 0 bridgehead atoms. The highest BCUT2D eigenvalue weighted by Crippen LogP contribution is 2.30. The highest BCUT2D eigenvalue weighted by molar-refractivity contribution is 5.64. The van der Waals surface area contributed by atoms with Crippen LogP contribution in [0.3, 0.4) is 0 Å². The van der Waals surface area contributed by atoms with Crippen molar-refractivity contribution in [2.75, 3.05) is 13.1 Å². The summed E-state index contributed by atoms with van der Waals surface area (Å²) in [7, 11) is 0. The number of rotatable bonds is 4. The Morgan fingerprint density at radius 1 is 1.44 bits per heavy atom. The lowest BCUT2D eigenvalue weighted by atomic mass is 9.97. The fourth-order valence-electron chi connectivity index (χ4n) is 1.52. The molecule has 0 saturated heterocycles. The number of nitrogens with two attached hydrogens (primary N) is 1. The van der Waals surface area contributed by atoms with Crippen molar-refractivity contribution in [1.82, 2.24) is 5.32 Å². The number of hydrogen-bond donors (Lipinski definition) is 3. The minimum absolute atomic E-state index is 0.0207. The van der Waals surface area contributed by atoms with Crippen molar-refractivity contribution >= 4 is 6.09 Å². The summed E-state index contributed by atoms with van der Waals surface area (Å²) in [6, 6.07) is 4.72. The summed E-state index contributed by atoms with van der Waals surface area (Å²) >= 11 is 0. The van der Waals surface area contributed by atoms with Crippen LogP contribution in [0, 0.1) is 0 Å². The smallest absolute Gasteiger partial charge is 0.416 e. The molecule has 0 aliphatic carbocycles. The Morgan fingerprint density at radius 2 is 2.11 bits per heavy atom. The van der Waals surface area contributed by atoms with Gasteiger partial charge in [0.1, 0.15) is 0 Å². The molecule has 4 nitrogen and oxygen atoms in total. The number of amides is 1. The second-order valence-electron chi connectivity index (χ2n) is 3.74. The quantitative estimate of drug-likeness (QED) is 0.777. The first kappa shape index (κ1) is 14.3. The van der Waals surface area contributed by atoms with Crippen LogP contribution in [0.5, 0.6) is 0 Å². The first-order chi connectivity index (χ1) is 8.34. The Bertz CT molecular complexity index is 421. The molecule has 1 atom stereocenters. The molecule has 0 radical (unpaired) electrons. The van der Waals surface area contributed by atoms with Crippen LogP contribution in [0.2, 0.25) is 0 Å². The Morgan fingerprint density at radius 3 is 2.61 bits per heavy atom. The maximum absolute atomic E-state index is 12.5. The summed E-state index contributed by atoms with van der Waals surface area (Å²) in [5.74, 6) is -0.483. The number of benzene rings is 1. The maximum Gasteiger partial charge on any atom is 0.416 e. The summed E-state index contributed by atoms with van der Waals surface area (Å²) in [5.41, 5.74) is 5.03. The molecule has 1 aromatic rings. The maximum atomic E-state index is 12.5. The third-order valence-corrected chi connectivity index (χ3v) is 2.47. The molecule has 0 aromatic heterocycles. The molecule has 0 heterocycles. The van der Waals surface area contributed by atoms with E-state index in [0.29, 0.717) is 5.56 Å². The van der Waals surface area contributed by atoms with Crippen molar-refractivity contribution in [3.05, 3.63) is 35.4 Å². The average Bonchev–Trinajstić information content (AvgIpc) is 2.29. The van der Waals surface area contributed by atoms with Gasteiger partial charge in [-0.15, -0.1) is 0 Å². The molecule has 100 valence electrons. The molecular weight excluding hydrogens is 249 g/mol. The van der Waals surface area contributed by atoms with Crippen molar-refractivity contribution in [1.29, 1.82) is 0 Å². The SMILES string of the molecule is NCC(CNC(=O)O)c1cccc(C(F)(F)F)c1. The second-order valence-corrected chi connectivity index (χ2v) is 3.74. The monoisotopic (exact) mass is 262 g/mol. The highest BCUT2D eigenvalue weighted by atomic mass is 19.4. The van der Waals surface area contributed by atoms with Crippen molar-refractivity contribution in [3.8, 4) is 0 Å². The molecule has 0 saturated carbocycles. The van der Waals surface area contributed by atoms with E-state index >= 15 is 0 Å². The summed E-state index contributed by atoms with van der Waals surface area (Å²) < 4.78 is 37.5. The van der Waals surface area contributed by atoms with Gasteiger partial charge in [-0.25, -0.2) is 4.79 Å². The molecule has 1 rings (SSSR count). The van der Waals surface area contributed by atoms with Crippen LogP contribution in [0.4, 0.5) is 18.0 Å². The second kappa shape index (κ2) is 5.72. The van der Waals surface area contributed by atoms with Gasteiger partial charge in [-0.3, -0.25) is 0 Å². The van der Waals surface area contributed by atoms with E-state index in [4.69, 9.17) is 10.8 Å².